The Labute approximate surface area is 236 Å². The average molecular weight is 592 g/mol. The summed E-state index contributed by atoms with van der Waals surface area (Å²) in [7, 11) is 0. The number of carbonyl (C=O) groups is 5. The second-order valence-corrected chi connectivity index (χ2v) is 13.7. The summed E-state index contributed by atoms with van der Waals surface area (Å²) in [5, 5.41) is 5.86. The molecular weight excluding hydrogens is 555 g/mol. The van der Waals surface area contributed by atoms with Crippen LogP contribution in [0.3, 0.4) is 0 Å². The molecule has 2 saturated carbocycles. The van der Waals surface area contributed by atoms with Crippen LogP contribution < -0.4 is 16.1 Å². The van der Waals surface area contributed by atoms with Crippen molar-refractivity contribution in [3.63, 3.8) is 0 Å². The third kappa shape index (κ3) is 5.62. The number of nitrogens with zero attached hydrogens (tertiary/aromatic N) is 2. The molecule has 0 bridgehead atoms. The van der Waals surface area contributed by atoms with Gasteiger partial charge in [0, 0.05) is 19.0 Å². The minimum atomic E-state index is -3.11. The van der Waals surface area contributed by atoms with Gasteiger partial charge in [-0.15, -0.1) is 0 Å². The largest absolute Gasteiger partial charge is 0.353 e. The monoisotopic (exact) mass is 591 g/mol. The Balaban J connectivity index is 1.56. The van der Waals surface area contributed by atoms with Crippen LogP contribution in [-0.2, 0) is 24.0 Å². The van der Waals surface area contributed by atoms with Crippen molar-refractivity contribution in [1.82, 2.24) is 26.0 Å². The van der Waals surface area contributed by atoms with Gasteiger partial charge in [-0.3, -0.25) is 29.4 Å². The van der Waals surface area contributed by atoms with Gasteiger partial charge in [0.05, 0.1) is 12.5 Å². The van der Waals surface area contributed by atoms with Crippen LogP contribution in [-0.4, -0.2) is 82.2 Å². The van der Waals surface area contributed by atoms with E-state index >= 15 is 0 Å². The lowest BCUT2D eigenvalue weighted by atomic mass is 9.85. The minimum absolute atomic E-state index is 0.0659. The maximum absolute atomic E-state index is 13.9. The fourth-order valence-corrected chi connectivity index (χ4v) is 6.33. The highest BCUT2D eigenvalue weighted by atomic mass is 35.5. The number of piperidine rings is 1. The standard InChI is InChI=1S/C26H37ClF3N5O5/c1-11-7-12(19(36)31-11)9-35(23(40)18(27)28)33-21(38)16-15-14(25(15,5)6)10-34(16)22(39)17(24(2,3)4)32-20(37)13-8-26(13,29)30/h11-18H,7-10H2,1-6H3,(H,31,36)(H,32,37)(H,33,38)/t11-,12-,13?,14-,15-,16-,17+,18-/m0/s1. The first-order valence-electron chi connectivity index (χ1n) is 13.5. The molecule has 4 rings (SSSR count). The van der Waals surface area contributed by atoms with Crippen LogP contribution >= 0.6 is 11.6 Å². The Morgan fingerprint density at radius 2 is 1.80 bits per heavy atom. The first-order valence-corrected chi connectivity index (χ1v) is 13.9. The van der Waals surface area contributed by atoms with Gasteiger partial charge in [-0.05, 0) is 36.0 Å². The first-order chi connectivity index (χ1) is 18.3. The van der Waals surface area contributed by atoms with Crippen molar-refractivity contribution in [2.24, 2.45) is 34.5 Å². The normalized spacial score (nSPS) is 32.9. The van der Waals surface area contributed by atoms with Gasteiger partial charge in [0.25, 0.3) is 23.4 Å². The first kappa shape index (κ1) is 30.4. The molecule has 5 amide bonds. The summed E-state index contributed by atoms with van der Waals surface area (Å²) < 4.78 is 41.0. The third-order valence-corrected chi connectivity index (χ3v) is 8.99. The van der Waals surface area contributed by atoms with E-state index in [1.54, 1.807) is 27.7 Å². The highest BCUT2D eigenvalue weighted by Crippen LogP contribution is 2.65. The van der Waals surface area contributed by atoms with Gasteiger partial charge < -0.3 is 15.5 Å². The third-order valence-electron chi connectivity index (χ3n) is 8.80. The Morgan fingerprint density at radius 1 is 1.20 bits per heavy atom. The molecule has 0 spiro atoms. The molecule has 0 aromatic heterocycles. The number of carbonyl (C=O) groups excluding carboxylic acids is 5. The maximum atomic E-state index is 13.9. The second-order valence-electron chi connectivity index (χ2n) is 13.3. The Bertz CT molecular complexity index is 1110. The zero-order valence-corrected chi connectivity index (χ0v) is 24.2. The van der Waals surface area contributed by atoms with E-state index in [1.165, 1.54) is 4.90 Å². The average Bonchev–Trinajstić information content (AvgIpc) is 3.42. The number of hydrogen-bond donors (Lipinski definition) is 3. The van der Waals surface area contributed by atoms with Crippen LogP contribution in [0.2, 0.25) is 0 Å². The van der Waals surface area contributed by atoms with Gasteiger partial charge >= 0.3 is 0 Å². The van der Waals surface area contributed by atoms with Crippen LogP contribution in [0.1, 0.15) is 54.4 Å². The topological polar surface area (TPSA) is 128 Å². The Kier molecular flexibility index (Phi) is 7.64. The van der Waals surface area contributed by atoms with E-state index < -0.39 is 70.9 Å². The summed E-state index contributed by atoms with van der Waals surface area (Å²) in [6.07, 6.45) is -0.231. The number of alkyl halides is 4. The molecule has 10 nitrogen and oxygen atoms in total. The van der Waals surface area contributed by atoms with Crippen molar-refractivity contribution in [3.05, 3.63) is 0 Å². The quantitative estimate of drug-likeness (QED) is 0.306. The second kappa shape index (κ2) is 10.1. The molecule has 14 heteroatoms. The summed E-state index contributed by atoms with van der Waals surface area (Å²) >= 11 is 5.40. The molecule has 4 aliphatic rings. The molecule has 224 valence electrons. The van der Waals surface area contributed by atoms with E-state index in [0.717, 1.165) is 0 Å². The number of amides is 5. The van der Waals surface area contributed by atoms with E-state index in [2.05, 4.69) is 16.1 Å². The number of halogens is 4. The molecular formula is C26H37ClF3N5O5. The van der Waals surface area contributed by atoms with Gasteiger partial charge in [0.2, 0.25) is 17.7 Å². The predicted molar refractivity (Wildman–Crippen MR) is 137 cm³/mol. The van der Waals surface area contributed by atoms with Crippen molar-refractivity contribution in [1.29, 1.82) is 0 Å². The number of fused-ring (bicyclic) bond motifs is 1. The van der Waals surface area contributed by atoms with Crippen LogP contribution in [0.25, 0.3) is 0 Å². The molecule has 8 atom stereocenters. The lowest BCUT2D eigenvalue weighted by Gasteiger charge is -2.38. The number of hydrogen-bond acceptors (Lipinski definition) is 5. The fourth-order valence-electron chi connectivity index (χ4n) is 6.21. The van der Waals surface area contributed by atoms with Crippen molar-refractivity contribution in [3.8, 4) is 0 Å². The molecule has 2 heterocycles. The number of rotatable bonds is 7. The molecule has 40 heavy (non-hydrogen) atoms. The molecule has 0 radical (unpaired) electrons. The molecule has 1 unspecified atom stereocenters. The highest BCUT2D eigenvalue weighted by Gasteiger charge is 2.70. The van der Waals surface area contributed by atoms with Crippen LogP contribution in [0.4, 0.5) is 13.2 Å². The number of hydrazine groups is 1. The summed E-state index contributed by atoms with van der Waals surface area (Å²) in [4.78, 5) is 66.2. The zero-order valence-electron chi connectivity index (χ0n) is 23.4. The lowest BCUT2D eigenvalue weighted by molar-refractivity contribution is -0.151. The maximum Gasteiger partial charge on any atom is 0.291 e. The number of nitrogens with one attached hydrogen (secondary N) is 3. The predicted octanol–water partition coefficient (Wildman–Crippen LogP) is 1.57. The van der Waals surface area contributed by atoms with E-state index in [-0.39, 0.29) is 42.3 Å². The molecule has 4 fully saturated rings. The molecule has 2 aliphatic carbocycles. The van der Waals surface area contributed by atoms with Gasteiger partial charge in [-0.1, -0.05) is 46.2 Å². The molecule has 3 N–H and O–H groups in total. The van der Waals surface area contributed by atoms with E-state index in [1.807, 2.05) is 13.8 Å². The van der Waals surface area contributed by atoms with Crippen LogP contribution in [0.15, 0.2) is 0 Å². The van der Waals surface area contributed by atoms with Gasteiger partial charge in [0.1, 0.15) is 18.0 Å². The number of likely N-dealkylation sites (tertiary alicyclic amines) is 1. The molecule has 0 aromatic carbocycles. The van der Waals surface area contributed by atoms with Crippen molar-refractivity contribution < 1.29 is 37.1 Å². The fraction of sp³-hybridized carbons (Fsp3) is 0.808. The van der Waals surface area contributed by atoms with E-state index in [4.69, 9.17) is 11.6 Å². The van der Waals surface area contributed by atoms with Gasteiger partial charge in [-0.2, -0.15) is 0 Å². The van der Waals surface area contributed by atoms with Crippen molar-refractivity contribution >= 4 is 41.1 Å². The lowest BCUT2D eigenvalue weighted by Crippen LogP contribution is -2.61. The Morgan fingerprint density at radius 3 is 2.27 bits per heavy atom. The molecule has 2 saturated heterocycles. The zero-order chi connectivity index (χ0) is 30.1. The van der Waals surface area contributed by atoms with Crippen LogP contribution in [0, 0.1) is 34.5 Å². The molecule has 0 aromatic rings. The van der Waals surface area contributed by atoms with E-state index in [9.17, 15) is 37.1 Å². The summed E-state index contributed by atoms with van der Waals surface area (Å²) in [5.74, 6) is -9.61. The van der Waals surface area contributed by atoms with Crippen molar-refractivity contribution in [2.45, 2.75) is 84.1 Å². The summed E-state index contributed by atoms with van der Waals surface area (Å²) in [5.41, 5.74) is -1.28. The SMILES string of the molecule is C[C@H]1C[C@@H](CN(NC(=O)[C@@H]2[C@@H]3[C@H](CN2C(=O)[C@@H](NC(=O)C2CC2(F)F)C(C)(C)C)C3(C)C)C(=O)[C@H](F)Cl)C(=O)N1. The Hall–Kier alpha value is -2.57. The highest BCUT2D eigenvalue weighted by molar-refractivity contribution is 6.29. The summed E-state index contributed by atoms with van der Waals surface area (Å²) in [6, 6.07) is -2.46. The van der Waals surface area contributed by atoms with E-state index in [0.29, 0.717) is 11.4 Å². The van der Waals surface area contributed by atoms with Gasteiger partial charge in [0.15, 0.2) is 0 Å². The molecule has 2 aliphatic heterocycles. The van der Waals surface area contributed by atoms with Crippen LogP contribution in [0.5, 0.6) is 0 Å². The van der Waals surface area contributed by atoms with Crippen molar-refractivity contribution in [2.75, 3.05) is 13.1 Å². The van der Waals surface area contributed by atoms with Gasteiger partial charge in [-0.25, -0.2) is 18.2 Å². The smallest absolute Gasteiger partial charge is 0.291 e. The minimum Gasteiger partial charge on any atom is -0.353 e. The summed E-state index contributed by atoms with van der Waals surface area (Å²) in [6.45, 7) is 10.5.